The standard InChI is InChI=1S/C10H20GeO/c1-7-12-10(8-9(2)3)11(4,5)6/h8H,2,7H2,1,3-6H3/b10-8+. The van der Waals surface area contributed by atoms with Crippen molar-refractivity contribution in [3.05, 3.63) is 22.8 Å². The summed E-state index contributed by atoms with van der Waals surface area (Å²) in [5.41, 5.74) is 1.08. The molecule has 0 aromatic carbocycles. The van der Waals surface area contributed by atoms with Crippen LogP contribution in [0.15, 0.2) is 22.8 Å². The van der Waals surface area contributed by atoms with Crippen LogP contribution in [-0.2, 0) is 4.74 Å². The Labute approximate surface area is 78.9 Å². The second-order valence-corrected chi connectivity index (χ2v) is 14.5. The topological polar surface area (TPSA) is 9.23 Å². The Morgan fingerprint density at radius 3 is 2.17 bits per heavy atom. The van der Waals surface area contributed by atoms with E-state index in [2.05, 4.69) is 29.9 Å². The average molecular weight is 229 g/mol. The maximum absolute atomic E-state index is 5.60. The van der Waals surface area contributed by atoms with Crippen molar-refractivity contribution in [1.82, 2.24) is 0 Å². The number of ether oxygens (including phenoxy) is 1. The van der Waals surface area contributed by atoms with Gasteiger partial charge in [0.25, 0.3) is 0 Å². The van der Waals surface area contributed by atoms with Crippen LogP contribution in [0, 0.1) is 0 Å². The fraction of sp³-hybridized carbons (Fsp3) is 0.600. The molecular formula is C10H20GeO. The van der Waals surface area contributed by atoms with Gasteiger partial charge in [-0.25, -0.2) is 0 Å². The Balaban J connectivity index is 4.55. The van der Waals surface area contributed by atoms with Gasteiger partial charge < -0.3 is 0 Å². The normalized spacial score (nSPS) is 12.9. The molecule has 0 spiro atoms. The Kier molecular flexibility index (Phi) is 4.68. The predicted octanol–water partition coefficient (Wildman–Crippen LogP) is 3.36. The molecule has 0 aliphatic rings. The molecule has 0 saturated heterocycles. The van der Waals surface area contributed by atoms with Crippen LogP contribution in [-0.4, -0.2) is 19.9 Å². The number of hydrogen-bond acceptors (Lipinski definition) is 1. The molecule has 0 aliphatic carbocycles. The minimum atomic E-state index is -1.77. The Morgan fingerprint density at radius 2 is 1.92 bits per heavy atom. The van der Waals surface area contributed by atoms with E-state index in [-0.39, 0.29) is 0 Å². The zero-order valence-corrected chi connectivity index (χ0v) is 11.0. The van der Waals surface area contributed by atoms with Crippen LogP contribution >= 0.6 is 0 Å². The number of hydrogen-bond donors (Lipinski definition) is 0. The second-order valence-electron chi connectivity index (χ2n) is 4.04. The molecule has 0 aromatic heterocycles. The summed E-state index contributed by atoms with van der Waals surface area (Å²) in [6, 6.07) is 0. The van der Waals surface area contributed by atoms with Gasteiger partial charge in [0.2, 0.25) is 0 Å². The molecule has 0 amide bonds. The van der Waals surface area contributed by atoms with Gasteiger partial charge in [0, 0.05) is 0 Å². The molecule has 2 heteroatoms. The van der Waals surface area contributed by atoms with E-state index < -0.39 is 13.3 Å². The van der Waals surface area contributed by atoms with E-state index in [1.807, 2.05) is 13.8 Å². The minimum absolute atomic E-state index is 0.766. The molecule has 0 rings (SSSR count). The molecule has 0 bridgehead atoms. The molecular weight excluding hydrogens is 209 g/mol. The summed E-state index contributed by atoms with van der Waals surface area (Å²) in [5, 5.41) is 0. The van der Waals surface area contributed by atoms with Gasteiger partial charge in [-0.05, 0) is 0 Å². The van der Waals surface area contributed by atoms with E-state index in [1.54, 1.807) is 0 Å². The van der Waals surface area contributed by atoms with Gasteiger partial charge in [-0.2, -0.15) is 0 Å². The van der Waals surface area contributed by atoms with Gasteiger partial charge in [0.15, 0.2) is 0 Å². The van der Waals surface area contributed by atoms with E-state index in [0.717, 1.165) is 12.2 Å². The molecule has 70 valence electrons. The van der Waals surface area contributed by atoms with Crippen LogP contribution in [0.2, 0.25) is 17.3 Å². The SMILES string of the molecule is C=C(C)/C=[C](/OCC)[Ge]([CH3])([CH3])[CH3]. The van der Waals surface area contributed by atoms with E-state index in [1.165, 1.54) is 4.59 Å². The van der Waals surface area contributed by atoms with Crippen molar-refractivity contribution in [2.24, 2.45) is 0 Å². The number of allylic oxidation sites excluding steroid dienone is 2. The van der Waals surface area contributed by atoms with Gasteiger partial charge in [-0.3, -0.25) is 0 Å². The molecule has 0 fully saturated rings. The molecule has 0 unspecified atom stereocenters. The van der Waals surface area contributed by atoms with Crippen LogP contribution in [0.4, 0.5) is 0 Å². The molecule has 0 N–H and O–H groups in total. The molecule has 0 saturated carbocycles. The third-order valence-corrected chi connectivity index (χ3v) is 5.12. The summed E-state index contributed by atoms with van der Waals surface area (Å²) in [5.74, 6) is 6.97. The van der Waals surface area contributed by atoms with Crippen molar-refractivity contribution < 1.29 is 4.74 Å². The summed E-state index contributed by atoms with van der Waals surface area (Å²) in [6.07, 6.45) is 2.09. The van der Waals surface area contributed by atoms with Gasteiger partial charge >= 0.3 is 78.5 Å². The summed E-state index contributed by atoms with van der Waals surface area (Å²) in [4.78, 5) is 0. The third-order valence-electron chi connectivity index (χ3n) is 1.42. The summed E-state index contributed by atoms with van der Waals surface area (Å²) < 4.78 is 6.80. The molecule has 0 heterocycles. The van der Waals surface area contributed by atoms with Crippen LogP contribution in [0.25, 0.3) is 0 Å². The Morgan fingerprint density at radius 1 is 1.42 bits per heavy atom. The van der Waals surface area contributed by atoms with E-state index >= 15 is 0 Å². The first-order valence-electron chi connectivity index (χ1n) is 4.38. The van der Waals surface area contributed by atoms with E-state index in [4.69, 9.17) is 4.74 Å². The average Bonchev–Trinajstić information content (AvgIpc) is 1.83. The van der Waals surface area contributed by atoms with E-state index in [9.17, 15) is 0 Å². The third kappa shape index (κ3) is 4.65. The van der Waals surface area contributed by atoms with Crippen LogP contribution in [0.3, 0.4) is 0 Å². The first kappa shape index (κ1) is 11.8. The quantitative estimate of drug-likeness (QED) is 0.408. The first-order chi connectivity index (χ1) is 5.38. The summed E-state index contributed by atoms with van der Waals surface area (Å²) >= 11 is -1.77. The monoisotopic (exact) mass is 230 g/mol. The van der Waals surface area contributed by atoms with Crippen molar-refractivity contribution in [1.29, 1.82) is 0 Å². The van der Waals surface area contributed by atoms with Gasteiger partial charge in [0.1, 0.15) is 0 Å². The zero-order chi connectivity index (χ0) is 9.78. The summed E-state index contributed by atoms with van der Waals surface area (Å²) in [7, 11) is 0. The van der Waals surface area contributed by atoms with Crippen LogP contribution in [0.5, 0.6) is 0 Å². The van der Waals surface area contributed by atoms with Crippen molar-refractivity contribution in [3.8, 4) is 0 Å². The molecule has 0 atom stereocenters. The molecule has 0 aromatic rings. The van der Waals surface area contributed by atoms with Crippen molar-refractivity contribution in [2.75, 3.05) is 6.61 Å². The van der Waals surface area contributed by atoms with Crippen molar-refractivity contribution in [3.63, 3.8) is 0 Å². The molecule has 1 nitrogen and oxygen atoms in total. The van der Waals surface area contributed by atoms with Gasteiger partial charge in [-0.1, -0.05) is 0 Å². The van der Waals surface area contributed by atoms with Crippen molar-refractivity contribution >= 4 is 13.3 Å². The molecule has 0 radical (unpaired) electrons. The maximum atomic E-state index is 5.60. The van der Waals surface area contributed by atoms with Crippen LogP contribution < -0.4 is 0 Å². The van der Waals surface area contributed by atoms with Gasteiger partial charge in [-0.15, -0.1) is 0 Å². The number of rotatable bonds is 4. The molecule has 12 heavy (non-hydrogen) atoms. The predicted molar refractivity (Wildman–Crippen MR) is 57.9 cm³/mol. The fourth-order valence-corrected chi connectivity index (χ4v) is 3.49. The first-order valence-corrected chi connectivity index (χ1v) is 11.7. The van der Waals surface area contributed by atoms with Gasteiger partial charge in [0.05, 0.1) is 0 Å². The summed E-state index contributed by atoms with van der Waals surface area (Å²) in [6.45, 7) is 8.66. The Hall–Kier alpha value is -0.177. The zero-order valence-electron chi connectivity index (χ0n) is 8.90. The second kappa shape index (κ2) is 4.75. The van der Waals surface area contributed by atoms with Crippen molar-refractivity contribution in [2.45, 2.75) is 31.1 Å². The Bertz CT molecular complexity index is 187. The fourth-order valence-electron chi connectivity index (χ4n) is 0.854. The molecule has 0 aliphatic heterocycles. The van der Waals surface area contributed by atoms with Crippen LogP contribution in [0.1, 0.15) is 13.8 Å². The van der Waals surface area contributed by atoms with E-state index in [0.29, 0.717) is 0 Å².